The van der Waals surface area contributed by atoms with Crippen molar-refractivity contribution >= 4 is 105 Å². The highest BCUT2D eigenvalue weighted by molar-refractivity contribution is 6.00. The van der Waals surface area contributed by atoms with Crippen LogP contribution in [0.25, 0.3) is 21.3 Å². The van der Waals surface area contributed by atoms with Gasteiger partial charge >= 0.3 is 0 Å². The Hall–Kier alpha value is -11.1. The fourth-order valence-electron chi connectivity index (χ4n) is 10.9. The Bertz CT molecular complexity index is 3490. The molecule has 107 heavy (non-hydrogen) atoms. The van der Waals surface area contributed by atoms with Crippen LogP contribution in [0.4, 0.5) is 0 Å². The van der Waals surface area contributed by atoms with Crippen LogP contribution in [-0.2, 0) is 78.3 Å². The van der Waals surface area contributed by atoms with E-state index in [4.69, 9.17) is 52.1 Å². The Morgan fingerprint density at radius 2 is 1.00 bits per heavy atom. The van der Waals surface area contributed by atoms with Gasteiger partial charge in [-0.25, -0.2) is 0 Å². The maximum atomic E-state index is 14.7. The normalized spacial score (nSPS) is 14.3. The van der Waals surface area contributed by atoms with Crippen LogP contribution in [0.2, 0.25) is 0 Å². The predicted molar refractivity (Wildman–Crippen MR) is 395 cm³/mol. The lowest BCUT2D eigenvalue weighted by molar-refractivity contribution is -0.137. The second-order valence-corrected chi connectivity index (χ2v) is 26.5. The van der Waals surface area contributed by atoms with Gasteiger partial charge in [0.2, 0.25) is 88.6 Å². The molecule has 1 heterocycles. The summed E-state index contributed by atoms with van der Waals surface area (Å²) >= 11 is 0. The maximum absolute atomic E-state index is 14.7. The SMILES string of the molecule is C#CC[C@H](NC(=O)[C@@H](NC(=O)[C@H](Cc1c[nH]c2ccccc12)NC(=O)[C@H](CCCN)NC(=O)CNC(=O)[C@H](CC(N)=O)NC(=O)[C@@H](NC(=O)[C@H](CCCCN)NC(=O)[C@@H](NC(=O)[C@H](CCCCN=[N+]=[N-])NC(=O)[C@H](CCCN=C(N)N)NC(C)=O)C(C)C)C(C)C)[C@@H](C)CC)C(=O)N[C@@H](CCC(N)=O)C(N)=O. The summed E-state index contributed by atoms with van der Waals surface area (Å²) in [5, 5.41) is 34.9. The zero-order valence-electron chi connectivity index (χ0n) is 61.9. The number of azide groups is 1. The highest BCUT2D eigenvalue weighted by Gasteiger charge is 2.38. The number of aromatic amines is 1. The van der Waals surface area contributed by atoms with Crippen molar-refractivity contribution in [1.29, 1.82) is 0 Å². The first-order valence-corrected chi connectivity index (χ1v) is 35.5. The number of H-pyrrole nitrogens is 1. The molecule has 0 aliphatic rings. The van der Waals surface area contributed by atoms with Gasteiger partial charge < -0.3 is 109 Å². The molecule has 39 nitrogen and oxygen atoms in total. The average molecular weight is 1500 g/mol. The third kappa shape index (κ3) is 34.1. The fourth-order valence-corrected chi connectivity index (χ4v) is 10.9. The predicted octanol–water partition coefficient (Wildman–Crippen LogP) is -4.41. The highest BCUT2D eigenvalue weighted by Crippen LogP contribution is 2.21. The number of carbonyl (C=O) groups excluding carboxylic acids is 15. The number of rotatable bonds is 52. The molecule has 0 fully saturated rings. The second kappa shape index (κ2) is 48.8. The number of para-hydroxylation sites is 1. The standard InChI is InChI=1S/C68H110N24O15/c1-9-19-44(59(99)83-43(57(73)97)26-27-51(71)94)85-67(107)56(38(7)10-2)91-64(104)49(32-40-34-78-42-21-12-11-20-41(40)42)87-61(101)46(24-17-29-70)82-53(96)35-79-58(98)50(33-52(72)95)88-66(106)55(37(5)6)90-63(103)48(22-13-15-28-69)86-65(105)54(36(3)4)89-62(102)47(23-14-16-31-80-92-76)84-60(100)45(81-39(8)93)25-18-30-77-68(74)75/h1,11-12,20-21,34,36-38,43-50,54-56,78H,10,13-19,22-33,35,69-70H2,2-8H3,(H2,71,94)(H2,72,95)(H2,73,97)(H,79,98)(H,81,93)(H,82,96)(H,83,99)(H,84,100)(H,85,107)(H,86,105)(H,87,101)(H,88,106)(H,89,102)(H,90,103)(H,91,104)(H4,74,75,77)/t38-,43-,44-,45-,46-,47-,48-,49-,50-,54-,55-,56-/m0/s1. The summed E-state index contributed by atoms with van der Waals surface area (Å²) in [7, 11) is 0. The lowest BCUT2D eigenvalue weighted by Crippen LogP contribution is -2.61. The van der Waals surface area contributed by atoms with Crippen molar-refractivity contribution < 1.29 is 71.9 Å². The Morgan fingerprint density at radius 1 is 0.523 bits per heavy atom. The van der Waals surface area contributed by atoms with Gasteiger partial charge in [-0.1, -0.05) is 77.7 Å². The molecular formula is C68H110N24O15. The van der Waals surface area contributed by atoms with Crippen LogP contribution in [0.3, 0.4) is 0 Å². The lowest BCUT2D eigenvalue weighted by atomic mass is 9.96. The van der Waals surface area contributed by atoms with E-state index in [1.807, 2.05) is 0 Å². The molecule has 0 aliphatic carbocycles. The minimum atomic E-state index is -1.77. The Morgan fingerprint density at radius 3 is 1.53 bits per heavy atom. The zero-order chi connectivity index (χ0) is 80.5. The van der Waals surface area contributed by atoms with Gasteiger partial charge in [0.1, 0.15) is 66.5 Å². The Labute approximate surface area is 621 Å². The zero-order valence-corrected chi connectivity index (χ0v) is 61.9. The van der Waals surface area contributed by atoms with Crippen molar-refractivity contribution in [2.75, 3.05) is 32.7 Å². The molecule has 0 bridgehead atoms. The van der Waals surface area contributed by atoms with Gasteiger partial charge in [-0.2, -0.15) is 0 Å². The Balaban J connectivity index is 2.44. The molecule has 592 valence electrons. The van der Waals surface area contributed by atoms with Crippen LogP contribution >= 0.6 is 0 Å². The molecule has 0 aliphatic heterocycles. The summed E-state index contributed by atoms with van der Waals surface area (Å²) in [6, 6.07) is -8.48. The summed E-state index contributed by atoms with van der Waals surface area (Å²) < 4.78 is 0. The number of hydrogen-bond donors (Lipinski definition) is 20. The number of unbranched alkanes of at least 4 members (excludes halogenated alkanes) is 2. The maximum Gasteiger partial charge on any atom is 0.244 e. The van der Waals surface area contributed by atoms with Crippen molar-refractivity contribution in [3.8, 4) is 12.3 Å². The molecular weight excluding hydrogens is 1390 g/mol. The largest absolute Gasteiger partial charge is 0.370 e. The van der Waals surface area contributed by atoms with Gasteiger partial charge in [-0.3, -0.25) is 76.9 Å². The minimum Gasteiger partial charge on any atom is -0.370 e. The van der Waals surface area contributed by atoms with Gasteiger partial charge in [0.05, 0.1) is 13.0 Å². The first kappa shape index (κ1) is 92.0. The molecule has 0 saturated carbocycles. The van der Waals surface area contributed by atoms with Crippen molar-refractivity contribution in [2.24, 2.45) is 68.0 Å². The van der Waals surface area contributed by atoms with E-state index in [9.17, 15) is 71.9 Å². The number of aromatic nitrogens is 1. The van der Waals surface area contributed by atoms with Gasteiger partial charge in [-0.05, 0) is 112 Å². The number of amides is 15. The number of hydrogen-bond acceptors (Lipinski definition) is 19. The highest BCUT2D eigenvalue weighted by atomic mass is 16.2. The minimum absolute atomic E-state index is 0.00492. The third-order valence-electron chi connectivity index (χ3n) is 17.0. The van der Waals surface area contributed by atoms with E-state index >= 15 is 0 Å². The van der Waals surface area contributed by atoms with Crippen LogP contribution < -0.4 is 104 Å². The molecule has 2 aromatic rings. The number of nitrogens with two attached hydrogens (primary N) is 7. The van der Waals surface area contributed by atoms with Crippen LogP contribution in [0.1, 0.15) is 150 Å². The first-order valence-electron chi connectivity index (χ1n) is 35.5. The van der Waals surface area contributed by atoms with E-state index in [-0.39, 0.29) is 109 Å². The molecule has 12 atom stereocenters. The molecule has 15 amide bonds. The van der Waals surface area contributed by atoms with Crippen LogP contribution in [-0.4, -0.2) is 199 Å². The fraction of sp³-hybridized carbons (Fsp3) is 0.618. The summed E-state index contributed by atoms with van der Waals surface area (Å²) in [5.41, 5.74) is 48.8. The third-order valence-corrected chi connectivity index (χ3v) is 17.0. The van der Waals surface area contributed by atoms with E-state index in [0.29, 0.717) is 35.7 Å². The molecule has 27 N–H and O–H groups in total. The summed E-state index contributed by atoms with van der Waals surface area (Å²) in [5.74, 6) is -13.3. The van der Waals surface area contributed by atoms with E-state index in [1.165, 1.54) is 6.92 Å². The summed E-state index contributed by atoms with van der Waals surface area (Å²) in [4.78, 5) is 213. The van der Waals surface area contributed by atoms with E-state index < -0.39 is 186 Å². The van der Waals surface area contributed by atoms with Gasteiger partial charge in [0, 0.05) is 61.3 Å². The smallest absolute Gasteiger partial charge is 0.244 e. The van der Waals surface area contributed by atoms with E-state index in [2.05, 4.69) is 89.7 Å². The summed E-state index contributed by atoms with van der Waals surface area (Å²) in [6.45, 7) is 10.4. The second-order valence-electron chi connectivity index (χ2n) is 26.5. The van der Waals surface area contributed by atoms with Crippen molar-refractivity contribution in [2.45, 2.75) is 218 Å². The number of benzene rings is 1. The average Bonchev–Trinajstić information content (AvgIpc) is 1.46. The number of aliphatic imine (C=N–C) groups is 1. The number of nitrogens with zero attached hydrogens (tertiary/aromatic N) is 4. The van der Waals surface area contributed by atoms with Crippen LogP contribution in [0.5, 0.6) is 0 Å². The number of guanidine groups is 1. The first-order chi connectivity index (χ1) is 50.6. The molecule has 0 saturated heterocycles. The van der Waals surface area contributed by atoms with Gasteiger partial charge in [0.15, 0.2) is 5.96 Å². The lowest BCUT2D eigenvalue weighted by Gasteiger charge is -2.29. The molecule has 0 spiro atoms. The number of terminal acetylenes is 1. The number of carbonyl (C=O) groups is 15. The molecule has 1 aromatic carbocycles. The van der Waals surface area contributed by atoms with E-state index in [0.717, 1.165) is 0 Å². The molecule has 1 aromatic heterocycles. The molecule has 0 radical (unpaired) electrons. The Kier molecular flexibility index (Phi) is 41.9. The molecule has 0 unspecified atom stereocenters. The number of primary amides is 3. The number of fused-ring (bicyclic) bond motifs is 1. The van der Waals surface area contributed by atoms with Crippen molar-refractivity contribution in [1.82, 2.24) is 68.8 Å². The van der Waals surface area contributed by atoms with Gasteiger partial charge in [-0.15, -0.1) is 12.3 Å². The van der Waals surface area contributed by atoms with Gasteiger partial charge in [0.25, 0.3) is 0 Å². The monoisotopic (exact) mass is 1500 g/mol. The van der Waals surface area contributed by atoms with Crippen molar-refractivity contribution in [3.05, 3.63) is 46.5 Å². The number of nitrogens with one attached hydrogen (secondary N) is 13. The molecule has 39 heteroatoms. The van der Waals surface area contributed by atoms with E-state index in [1.54, 1.807) is 72.0 Å². The molecule has 2 rings (SSSR count). The quantitative estimate of drug-likeness (QED) is 0.00565. The van der Waals surface area contributed by atoms with Crippen LogP contribution in [0, 0.1) is 30.1 Å². The summed E-state index contributed by atoms with van der Waals surface area (Å²) in [6.07, 6.45) is 7.07. The van der Waals surface area contributed by atoms with Crippen molar-refractivity contribution in [3.63, 3.8) is 0 Å². The topological polar surface area (TPSA) is 659 Å². The van der Waals surface area contributed by atoms with Crippen LogP contribution in [0.15, 0.2) is 40.6 Å².